The predicted molar refractivity (Wildman–Crippen MR) is 78.9 cm³/mol. The minimum atomic E-state index is -0.189. The van der Waals surface area contributed by atoms with Gasteiger partial charge in [-0.2, -0.15) is 0 Å². The number of nitrogens with zero attached hydrogens (tertiary/aromatic N) is 2. The smallest absolute Gasteiger partial charge is 0.123 e. The molecule has 21 heavy (non-hydrogen) atoms. The first-order valence-electron chi connectivity index (χ1n) is 7.43. The number of rotatable bonds is 7. The first-order valence-corrected chi connectivity index (χ1v) is 7.43. The Hall–Kier alpha value is -1.88. The summed E-state index contributed by atoms with van der Waals surface area (Å²) < 4.78 is 21.0. The van der Waals surface area contributed by atoms with E-state index in [1.807, 2.05) is 12.5 Å². The fourth-order valence-corrected chi connectivity index (χ4v) is 2.63. The first kappa shape index (κ1) is 14.1. The molecule has 5 heteroatoms. The number of benzene rings is 1. The molecule has 1 aromatic carbocycles. The molecular weight excluding hydrogens is 269 g/mol. The van der Waals surface area contributed by atoms with Gasteiger partial charge in [-0.05, 0) is 37.6 Å². The molecule has 1 aliphatic rings. The molecule has 1 unspecified atom stereocenters. The van der Waals surface area contributed by atoms with Crippen LogP contribution in [0.3, 0.4) is 0 Å². The van der Waals surface area contributed by atoms with Gasteiger partial charge in [0, 0.05) is 37.5 Å². The highest BCUT2D eigenvalue weighted by Crippen LogP contribution is 2.28. The molecule has 1 aromatic heterocycles. The summed E-state index contributed by atoms with van der Waals surface area (Å²) in [7, 11) is 0. The van der Waals surface area contributed by atoms with Crippen molar-refractivity contribution in [1.29, 1.82) is 0 Å². The number of hydrogen-bond acceptors (Lipinski definition) is 3. The third-order valence-electron chi connectivity index (χ3n) is 3.71. The van der Waals surface area contributed by atoms with E-state index in [0.29, 0.717) is 0 Å². The van der Waals surface area contributed by atoms with Crippen molar-refractivity contribution in [1.82, 2.24) is 14.9 Å². The molecule has 2 aromatic rings. The molecule has 0 saturated carbocycles. The zero-order valence-electron chi connectivity index (χ0n) is 12.0. The topological polar surface area (TPSA) is 39.1 Å². The summed E-state index contributed by atoms with van der Waals surface area (Å²) >= 11 is 0. The van der Waals surface area contributed by atoms with Crippen LogP contribution < -0.4 is 10.1 Å². The van der Waals surface area contributed by atoms with Gasteiger partial charge in [0.1, 0.15) is 17.7 Å². The molecule has 2 heterocycles. The maximum Gasteiger partial charge on any atom is 0.123 e. The van der Waals surface area contributed by atoms with E-state index in [4.69, 9.17) is 4.74 Å². The van der Waals surface area contributed by atoms with Crippen molar-refractivity contribution in [3.63, 3.8) is 0 Å². The molecular formula is C16H20FN3O. The van der Waals surface area contributed by atoms with Crippen molar-refractivity contribution in [3.8, 4) is 5.75 Å². The summed E-state index contributed by atoms with van der Waals surface area (Å²) in [6, 6.07) is 4.74. The lowest BCUT2D eigenvalue weighted by molar-refractivity contribution is 0.227. The van der Waals surface area contributed by atoms with Crippen molar-refractivity contribution in [2.45, 2.75) is 31.9 Å². The van der Waals surface area contributed by atoms with Gasteiger partial charge in [-0.15, -0.1) is 0 Å². The van der Waals surface area contributed by atoms with Crippen LogP contribution in [0, 0.1) is 5.82 Å². The SMILES string of the molecule is Fc1ccc2c(c1)CC(CNCCCCn1ccnc1)O2. The summed E-state index contributed by atoms with van der Waals surface area (Å²) in [5.41, 5.74) is 0.974. The molecule has 0 aliphatic carbocycles. The van der Waals surface area contributed by atoms with E-state index in [1.54, 1.807) is 18.3 Å². The Kier molecular flexibility index (Phi) is 4.50. The zero-order valence-corrected chi connectivity index (χ0v) is 12.0. The molecule has 3 rings (SSSR count). The molecule has 0 radical (unpaired) electrons. The highest BCUT2D eigenvalue weighted by Gasteiger charge is 2.22. The van der Waals surface area contributed by atoms with Crippen LogP contribution in [-0.4, -0.2) is 28.7 Å². The van der Waals surface area contributed by atoms with Crippen molar-refractivity contribution in [2.75, 3.05) is 13.1 Å². The minimum Gasteiger partial charge on any atom is -0.488 e. The van der Waals surface area contributed by atoms with Gasteiger partial charge < -0.3 is 14.6 Å². The van der Waals surface area contributed by atoms with Crippen molar-refractivity contribution in [2.24, 2.45) is 0 Å². The molecule has 112 valence electrons. The Morgan fingerprint density at radius 3 is 3.19 bits per heavy atom. The molecule has 4 nitrogen and oxygen atoms in total. The Morgan fingerprint density at radius 2 is 2.33 bits per heavy atom. The molecule has 1 aliphatic heterocycles. The van der Waals surface area contributed by atoms with E-state index >= 15 is 0 Å². The van der Waals surface area contributed by atoms with Gasteiger partial charge in [0.15, 0.2) is 0 Å². The maximum atomic E-state index is 13.1. The molecule has 0 amide bonds. The largest absolute Gasteiger partial charge is 0.488 e. The molecule has 0 spiro atoms. The van der Waals surface area contributed by atoms with Crippen molar-refractivity contribution in [3.05, 3.63) is 48.3 Å². The van der Waals surface area contributed by atoms with Gasteiger partial charge in [-0.1, -0.05) is 0 Å². The summed E-state index contributed by atoms with van der Waals surface area (Å²) in [6.45, 7) is 2.78. The maximum absolute atomic E-state index is 13.1. The first-order chi connectivity index (χ1) is 10.3. The molecule has 0 bridgehead atoms. The lowest BCUT2D eigenvalue weighted by atomic mass is 10.1. The van der Waals surface area contributed by atoms with E-state index in [2.05, 4.69) is 14.9 Å². The molecule has 0 fully saturated rings. The number of ether oxygens (including phenoxy) is 1. The van der Waals surface area contributed by atoms with Gasteiger partial charge in [-0.3, -0.25) is 0 Å². The lowest BCUT2D eigenvalue weighted by Crippen LogP contribution is -2.30. The average Bonchev–Trinajstić information content (AvgIpc) is 3.11. The van der Waals surface area contributed by atoms with Gasteiger partial charge in [-0.25, -0.2) is 9.37 Å². The number of nitrogens with one attached hydrogen (secondary N) is 1. The monoisotopic (exact) mass is 289 g/mol. The number of unbranched alkanes of at least 4 members (excludes halogenated alkanes) is 1. The number of fused-ring (bicyclic) bond motifs is 1. The highest BCUT2D eigenvalue weighted by molar-refractivity contribution is 5.37. The molecule has 0 saturated heterocycles. The molecule has 1 atom stereocenters. The number of aryl methyl sites for hydroxylation is 1. The number of imidazole rings is 1. The van der Waals surface area contributed by atoms with E-state index in [-0.39, 0.29) is 11.9 Å². The summed E-state index contributed by atoms with van der Waals surface area (Å²) in [5.74, 6) is 0.633. The minimum absolute atomic E-state index is 0.121. The molecule has 1 N–H and O–H groups in total. The normalized spacial score (nSPS) is 16.7. The Labute approximate surface area is 124 Å². The van der Waals surface area contributed by atoms with Gasteiger partial charge >= 0.3 is 0 Å². The Bertz CT molecular complexity index is 571. The number of hydrogen-bond donors (Lipinski definition) is 1. The van der Waals surface area contributed by atoms with Crippen LogP contribution in [0.5, 0.6) is 5.75 Å². The van der Waals surface area contributed by atoms with E-state index in [9.17, 15) is 4.39 Å². The second kappa shape index (κ2) is 6.72. The predicted octanol–water partition coefficient (Wildman–Crippen LogP) is 2.40. The van der Waals surface area contributed by atoms with E-state index in [0.717, 1.165) is 50.2 Å². The van der Waals surface area contributed by atoms with E-state index < -0.39 is 0 Å². The third-order valence-corrected chi connectivity index (χ3v) is 3.71. The highest BCUT2D eigenvalue weighted by atomic mass is 19.1. The summed E-state index contributed by atoms with van der Waals surface area (Å²) in [4.78, 5) is 4.02. The van der Waals surface area contributed by atoms with Crippen LogP contribution in [0.4, 0.5) is 4.39 Å². The Morgan fingerprint density at radius 1 is 1.38 bits per heavy atom. The second-order valence-corrected chi connectivity index (χ2v) is 5.41. The van der Waals surface area contributed by atoms with Gasteiger partial charge in [0.25, 0.3) is 0 Å². The van der Waals surface area contributed by atoms with Crippen LogP contribution in [0.25, 0.3) is 0 Å². The summed E-state index contributed by atoms with van der Waals surface area (Å²) in [6.07, 6.45) is 8.78. The van der Waals surface area contributed by atoms with Crippen molar-refractivity contribution < 1.29 is 9.13 Å². The fourth-order valence-electron chi connectivity index (χ4n) is 2.63. The van der Waals surface area contributed by atoms with Gasteiger partial charge in [0.05, 0.1) is 6.33 Å². The quantitative estimate of drug-likeness (QED) is 0.796. The van der Waals surface area contributed by atoms with Gasteiger partial charge in [0.2, 0.25) is 0 Å². The Balaban J connectivity index is 1.30. The van der Waals surface area contributed by atoms with Crippen LogP contribution in [0.15, 0.2) is 36.9 Å². The number of halogens is 1. The second-order valence-electron chi connectivity index (χ2n) is 5.41. The van der Waals surface area contributed by atoms with Crippen LogP contribution in [0.1, 0.15) is 18.4 Å². The zero-order chi connectivity index (χ0) is 14.5. The summed E-state index contributed by atoms with van der Waals surface area (Å²) in [5, 5.41) is 3.41. The van der Waals surface area contributed by atoms with E-state index in [1.165, 1.54) is 6.07 Å². The third kappa shape index (κ3) is 3.82. The lowest BCUT2D eigenvalue weighted by Gasteiger charge is -2.11. The van der Waals surface area contributed by atoms with Crippen LogP contribution >= 0.6 is 0 Å². The van der Waals surface area contributed by atoms with Crippen molar-refractivity contribution >= 4 is 0 Å². The van der Waals surface area contributed by atoms with Crippen LogP contribution in [-0.2, 0) is 13.0 Å². The van der Waals surface area contributed by atoms with Crippen LogP contribution in [0.2, 0.25) is 0 Å². The average molecular weight is 289 g/mol. The fraction of sp³-hybridized carbons (Fsp3) is 0.438. The standard InChI is InChI=1S/C16H20FN3O/c17-14-3-4-16-13(9-14)10-15(21-16)11-18-5-1-2-7-20-8-6-19-12-20/h3-4,6,8-9,12,15,18H,1-2,5,7,10-11H2. The number of aromatic nitrogens is 2.